The first-order valence-electron chi connectivity index (χ1n) is 3.24. The van der Waals surface area contributed by atoms with Crippen LogP contribution in [0.2, 0.25) is 0 Å². The largest absolute Gasteiger partial charge is 0.266 e. The van der Waals surface area contributed by atoms with Crippen LogP contribution in [-0.2, 0) is 0 Å². The van der Waals surface area contributed by atoms with E-state index >= 15 is 0 Å². The van der Waals surface area contributed by atoms with Crippen molar-refractivity contribution >= 4 is 15.9 Å². The van der Waals surface area contributed by atoms with Crippen LogP contribution in [0.25, 0.3) is 0 Å². The second-order valence-corrected chi connectivity index (χ2v) is 3.47. The van der Waals surface area contributed by atoms with Gasteiger partial charge in [-0.2, -0.15) is 0 Å². The molecule has 1 rings (SSSR count). The molecule has 1 heterocycles. The van der Waals surface area contributed by atoms with Crippen LogP contribution in [0.3, 0.4) is 0 Å². The van der Waals surface area contributed by atoms with Crippen molar-refractivity contribution in [2.75, 3.05) is 0 Å². The van der Waals surface area contributed by atoms with Crippen LogP contribution in [0, 0.1) is 10.1 Å². The fraction of sp³-hybridized carbons (Fsp3) is 1.00. The average Bonchev–Trinajstić information content (AvgIpc) is 1.88. The second-order valence-electron chi connectivity index (χ2n) is 2.37. The molecule has 0 aliphatic carbocycles. The van der Waals surface area contributed by atoms with Gasteiger partial charge in [0.1, 0.15) is 0 Å². The molecule has 0 amide bonds. The molecule has 4 nitrogen and oxygen atoms in total. The summed E-state index contributed by atoms with van der Waals surface area (Å²) in [6.45, 7) is 0. The number of halogens is 1. The van der Waals surface area contributed by atoms with Gasteiger partial charge in [0.25, 0.3) is 6.17 Å². The minimum Gasteiger partial charge on any atom is -0.263 e. The summed E-state index contributed by atoms with van der Waals surface area (Å²) >= 11 is 3.28. The molecule has 0 radical (unpaired) electrons. The lowest BCUT2D eigenvalue weighted by Crippen LogP contribution is -2.43. The van der Waals surface area contributed by atoms with E-state index in [0.29, 0.717) is 6.42 Å². The van der Waals surface area contributed by atoms with Crippen molar-refractivity contribution in [1.82, 2.24) is 5.32 Å². The molecule has 1 saturated heterocycles. The van der Waals surface area contributed by atoms with Gasteiger partial charge in [0, 0.05) is 11.3 Å². The van der Waals surface area contributed by atoms with Crippen LogP contribution >= 0.6 is 15.9 Å². The van der Waals surface area contributed by atoms with E-state index in [1.54, 1.807) is 0 Å². The molecule has 1 aliphatic rings. The highest BCUT2D eigenvalue weighted by Gasteiger charge is 2.26. The number of nitrogens with zero attached hydrogens (tertiary/aromatic N) is 1. The van der Waals surface area contributed by atoms with Gasteiger partial charge >= 0.3 is 0 Å². The first-order chi connectivity index (χ1) is 4.70. The Labute approximate surface area is 67.3 Å². The van der Waals surface area contributed by atoms with Crippen LogP contribution in [-0.4, -0.2) is 16.0 Å². The van der Waals surface area contributed by atoms with E-state index < -0.39 is 6.17 Å². The van der Waals surface area contributed by atoms with Gasteiger partial charge < -0.3 is 0 Å². The van der Waals surface area contributed by atoms with Gasteiger partial charge in [0.15, 0.2) is 0 Å². The van der Waals surface area contributed by atoms with Gasteiger partial charge in [-0.05, 0) is 12.8 Å². The zero-order chi connectivity index (χ0) is 7.56. The Balaban J connectivity index is 2.39. The molecule has 0 aromatic heterocycles. The molecular formula is C5H9BrN2O2. The Morgan fingerprint density at radius 1 is 1.60 bits per heavy atom. The molecule has 58 valence electrons. The maximum absolute atomic E-state index is 10.2. The second kappa shape index (κ2) is 3.30. The molecule has 1 N–H and O–H groups in total. The van der Waals surface area contributed by atoms with E-state index in [1.807, 2.05) is 0 Å². The molecule has 10 heavy (non-hydrogen) atoms. The minimum atomic E-state index is -0.543. The van der Waals surface area contributed by atoms with Gasteiger partial charge in [-0.3, -0.25) is 10.1 Å². The summed E-state index contributed by atoms with van der Waals surface area (Å²) in [5.41, 5.74) is 0. The van der Waals surface area contributed by atoms with E-state index in [2.05, 4.69) is 21.2 Å². The summed E-state index contributed by atoms with van der Waals surface area (Å²) in [5.74, 6) is 0. The Hall–Kier alpha value is -0.160. The minimum absolute atomic E-state index is 0.122. The van der Waals surface area contributed by atoms with Crippen molar-refractivity contribution in [3.05, 3.63) is 10.1 Å². The van der Waals surface area contributed by atoms with Gasteiger partial charge in [0.2, 0.25) is 0 Å². The molecule has 0 aromatic rings. The number of nitrogens with one attached hydrogen (secondary N) is 1. The van der Waals surface area contributed by atoms with Gasteiger partial charge in [-0.15, -0.1) is 0 Å². The lowest BCUT2D eigenvalue weighted by Gasteiger charge is -2.20. The zero-order valence-corrected chi connectivity index (χ0v) is 7.00. The fourth-order valence-corrected chi connectivity index (χ4v) is 1.66. The van der Waals surface area contributed by atoms with Crippen LogP contribution in [0.4, 0.5) is 0 Å². The summed E-state index contributed by atoms with van der Waals surface area (Å²) in [7, 11) is 0. The Morgan fingerprint density at radius 3 is 2.70 bits per heavy atom. The van der Waals surface area contributed by atoms with Gasteiger partial charge in [0.05, 0.1) is 4.95 Å². The summed E-state index contributed by atoms with van der Waals surface area (Å²) in [6, 6.07) is 0. The van der Waals surface area contributed by atoms with Crippen LogP contribution in [0.1, 0.15) is 19.3 Å². The average molecular weight is 209 g/mol. The number of piperidine rings is 1. The molecule has 0 bridgehead atoms. The zero-order valence-electron chi connectivity index (χ0n) is 5.42. The van der Waals surface area contributed by atoms with Crippen LogP contribution in [0.15, 0.2) is 0 Å². The van der Waals surface area contributed by atoms with Crippen molar-refractivity contribution < 1.29 is 4.92 Å². The van der Waals surface area contributed by atoms with E-state index in [1.165, 1.54) is 0 Å². The van der Waals surface area contributed by atoms with Crippen molar-refractivity contribution in [3.8, 4) is 0 Å². The number of alkyl halides is 1. The maximum atomic E-state index is 10.2. The molecular weight excluding hydrogens is 200 g/mol. The topological polar surface area (TPSA) is 55.2 Å². The molecule has 1 aliphatic heterocycles. The van der Waals surface area contributed by atoms with Crippen LogP contribution < -0.4 is 5.32 Å². The number of hydrogen-bond donors (Lipinski definition) is 1. The van der Waals surface area contributed by atoms with E-state index in [0.717, 1.165) is 12.8 Å². The Morgan fingerprint density at radius 2 is 2.30 bits per heavy atom. The van der Waals surface area contributed by atoms with Crippen molar-refractivity contribution in [1.29, 1.82) is 0 Å². The predicted molar refractivity (Wildman–Crippen MR) is 40.5 cm³/mol. The first-order valence-corrected chi connectivity index (χ1v) is 4.15. The summed E-state index contributed by atoms with van der Waals surface area (Å²) in [6.07, 6.45) is 2.01. The number of hydrogen-bond acceptors (Lipinski definition) is 3. The monoisotopic (exact) mass is 208 g/mol. The number of nitro groups is 1. The Bertz CT molecular complexity index is 142. The lowest BCUT2D eigenvalue weighted by atomic mass is 10.1. The molecule has 1 fully saturated rings. The first kappa shape index (κ1) is 7.94. The molecule has 0 spiro atoms. The third-order valence-electron chi connectivity index (χ3n) is 1.56. The molecule has 2 atom stereocenters. The Kier molecular flexibility index (Phi) is 2.62. The number of rotatable bonds is 1. The van der Waals surface area contributed by atoms with Gasteiger partial charge in [-0.25, -0.2) is 5.32 Å². The molecule has 0 saturated carbocycles. The highest BCUT2D eigenvalue weighted by molar-refractivity contribution is 9.09. The summed E-state index contributed by atoms with van der Waals surface area (Å²) in [5, 5.41) is 13.1. The summed E-state index contributed by atoms with van der Waals surface area (Å²) < 4.78 is 0. The molecule has 0 aromatic carbocycles. The highest BCUT2D eigenvalue weighted by Crippen LogP contribution is 2.16. The smallest absolute Gasteiger partial charge is 0.263 e. The van der Waals surface area contributed by atoms with Gasteiger partial charge in [-0.1, -0.05) is 15.9 Å². The SMILES string of the molecule is O=[N+]([O-])C1CCCC(Br)N1. The predicted octanol–water partition coefficient (Wildman–Crippen LogP) is 1.08. The standard InChI is InChI=1S/C5H9BrN2O2/c6-4-2-1-3-5(7-4)8(9)10/h4-5,7H,1-3H2. The van der Waals surface area contributed by atoms with Crippen molar-refractivity contribution in [2.45, 2.75) is 30.4 Å². The van der Waals surface area contributed by atoms with Crippen LogP contribution in [0.5, 0.6) is 0 Å². The maximum Gasteiger partial charge on any atom is 0.266 e. The molecule has 5 heteroatoms. The van der Waals surface area contributed by atoms with E-state index in [4.69, 9.17) is 0 Å². The quantitative estimate of drug-likeness (QED) is 0.304. The van der Waals surface area contributed by atoms with Crippen molar-refractivity contribution in [2.24, 2.45) is 0 Å². The summed E-state index contributed by atoms with van der Waals surface area (Å²) in [4.78, 5) is 10.1. The van der Waals surface area contributed by atoms with E-state index in [-0.39, 0.29) is 9.87 Å². The third-order valence-corrected chi connectivity index (χ3v) is 2.29. The molecule has 2 unspecified atom stereocenters. The third kappa shape index (κ3) is 1.91. The van der Waals surface area contributed by atoms with Crippen molar-refractivity contribution in [3.63, 3.8) is 0 Å². The highest BCUT2D eigenvalue weighted by atomic mass is 79.9. The van der Waals surface area contributed by atoms with E-state index in [9.17, 15) is 10.1 Å². The fourth-order valence-electron chi connectivity index (χ4n) is 1.03. The normalized spacial score (nSPS) is 33.7. The lowest BCUT2D eigenvalue weighted by molar-refractivity contribution is -0.532.